The number of rotatable bonds is 54. The van der Waals surface area contributed by atoms with E-state index in [0.717, 1.165) is 57.8 Å². The Kier molecular flexibility index (Phi) is 54.3. The van der Waals surface area contributed by atoms with Crippen molar-refractivity contribution in [2.24, 2.45) is 0 Å². The highest BCUT2D eigenvalue weighted by Gasteiger charge is 2.28. The number of carbonyl (C=O) groups is 1. The molecule has 0 aromatic heterocycles. The van der Waals surface area contributed by atoms with Gasteiger partial charge < -0.3 is 25.7 Å². The topological polar surface area (TPSA) is 110 Å². The number of allylic oxidation sites excluding steroid dienone is 10. The number of hydrogen-bond acceptors (Lipinski definition) is 5. The van der Waals surface area contributed by atoms with Crippen molar-refractivity contribution < 1.29 is 25.2 Å². The molecule has 0 aliphatic heterocycles. The van der Waals surface area contributed by atoms with Crippen LogP contribution in [0.5, 0.6) is 0 Å². The quantitative estimate of drug-likeness (QED) is 0.0308. The van der Waals surface area contributed by atoms with Crippen molar-refractivity contribution in [2.75, 3.05) is 6.61 Å². The molecule has 398 valence electrons. The lowest BCUT2D eigenvalue weighted by atomic mass is 10.00. The van der Waals surface area contributed by atoms with Gasteiger partial charge in [0.2, 0.25) is 5.91 Å². The van der Waals surface area contributed by atoms with Crippen molar-refractivity contribution in [2.45, 2.75) is 321 Å². The number of hydrogen-bond donors (Lipinski definition) is 5. The Bertz CT molecular complexity index is 1160. The SMILES string of the molecule is CCCCCCCCCCC/C=C\C/C=C\CCCCCCCCCCCCCCCCC(O)C(=O)NC(CO)C(O)C(O)CCC/C=C/CC/C=C/CC/C=C/CCCCCCCCCCC. The molecular formula is C62H115NO5. The van der Waals surface area contributed by atoms with Crippen molar-refractivity contribution in [3.63, 3.8) is 0 Å². The molecule has 0 fully saturated rings. The number of unbranched alkanes of at least 4 members (excludes halogenated alkanes) is 35. The highest BCUT2D eigenvalue weighted by molar-refractivity contribution is 5.80. The minimum atomic E-state index is -1.30. The largest absolute Gasteiger partial charge is 0.394 e. The molecule has 0 aliphatic carbocycles. The number of carbonyl (C=O) groups excluding carboxylic acids is 1. The van der Waals surface area contributed by atoms with Crippen molar-refractivity contribution in [1.29, 1.82) is 0 Å². The minimum Gasteiger partial charge on any atom is -0.394 e. The van der Waals surface area contributed by atoms with Gasteiger partial charge in [0.15, 0.2) is 0 Å². The molecule has 0 saturated heterocycles. The van der Waals surface area contributed by atoms with Crippen LogP contribution in [0.25, 0.3) is 0 Å². The van der Waals surface area contributed by atoms with Crippen LogP contribution in [0, 0.1) is 0 Å². The summed E-state index contributed by atoms with van der Waals surface area (Å²) in [5, 5.41) is 44.0. The van der Waals surface area contributed by atoms with Crippen LogP contribution >= 0.6 is 0 Å². The molecule has 0 rings (SSSR count). The predicted octanol–water partition coefficient (Wildman–Crippen LogP) is 17.5. The van der Waals surface area contributed by atoms with Crippen LogP contribution in [0.1, 0.15) is 296 Å². The van der Waals surface area contributed by atoms with E-state index in [4.69, 9.17) is 0 Å². The first-order chi connectivity index (χ1) is 33.5. The van der Waals surface area contributed by atoms with Gasteiger partial charge in [0, 0.05) is 0 Å². The Morgan fingerprint density at radius 1 is 0.368 bits per heavy atom. The summed E-state index contributed by atoms with van der Waals surface area (Å²) in [6, 6.07) is -1.01. The number of aliphatic hydroxyl groups excluding tert-OH is 4. The molecule has 0 aromatic carbocycles. The van der Waals surface area contributed by atoms with Gasteiger partial charge in [-0.1, -0.05) is 261 Å². The van der Waals surface area contributed by atoms with E-state index in [0.29, 0.717) is 19.3 Å². The van der Waals surface area contributed by atoms with E-state index in [-0.39, 0.29) is 0 Å². The van der Waals surface area contributed by atoms with Gasteiger partial charge >= 0.3 is 0 Å². The lowest BCUT2D eigenvalue weighted by molar-refractivity contribution is -0.132. The van der Waals surface area contributed by atoms with Gasteiger partial charge in [-0.05, 0) is 96.3 Å². The Balaban J connectivity index is 3.68. The molecule has 6 heteroatoms. The third kappa shape index (κ3) is 49.0. The van der Waals surface area contributed by atoms with E-state index in [9.17, 15) is 25.2 Å². The van der Waals surface area contributed by atoms with Crippen molar-refractivity contribution in [3.8, 4) is 0 Å². The molecule has 5 N–H and O–H groups in total. The average Bonchev–Trinajstić information content (AvgIpc) is 3.34. The second-order valence-electron chi connectivity index (χ2n) is 20.3. The van der Waals surface area contributed by atoms with Crippen molar-refractivity contribution in [3.05, 3.63) is 60.8 Å². The van der Waals surface area contributed by atoms with E-state index in [1.54, 1.807) is 0 Å². The van der Waals surface area contributed by atoms with Gasteiger partial charge in [-0.15, -0.1) is 0 Å². The van der Waals surface area contributed by atoms with Crippen molar-refractivity contribution >= 4 is 5.91 Å². The lowest BCUT2D eigenvalue weighted by Gasteiger charge is -2.27. The lowest BCUT2D eigenvalue weighted by Crippen LogP contribution is -2.53. The summed E-state index contributed by atoms with van der Waals surface area (Å²) >= 11 is 0. The molecule has 4 unspecified atom stereocenters. The molecule has 0 saturated carbocycles. The van der Waals surface area contributed by atoms with Gasteiger partial charge in [0.25, 0.3) is 0 Å². The van der Waals surface area contributed by atoms with E-state index < -0.39 is 36.9 Å². The van der Waals surface area contributed by atoms with Crippen LogP contribution in [0.4, 0.5) is 0 Å². The molecule has 0 radical (unpaired) electrons. The fourth-order valence-electron chi connectivity index (χ4n) is 9.00. The summed E-state index contributed by atoms with van der Waals surface area (Å²) in [7, 11) is 0. The molecule has 4 atom stereocenters. The van der Waals surface area contributed by atoms with Gasteiger partial charge in [-0.2, -0.15) is 0 Å². The maximum atomic E-state index is 12.6. The summed E-state index contributed by atoms with van der Waals surface area (Å²) < 4.78 is 0. The van der Waals surface area contributed by atoms with Crippen LogP contribution < -0.4 is 5.32 Å². The third-order valence-electron chi connectivity index (χ3n) is 13.7. The maximum Gasteiger partial charge on any atom is 0.249 e. The van der Waals surface area contributed by atoms with Crippen molar-refractivity contribution in [1.82, 2.24) is 5.32 Å². The first kappa shape index (κ1) is 66.0. The molecular weight excluding hydrogens is 839 g/mol. The van der Waals surface area contributed by atoms with E-state index >= 15 is 0 Å². The summed E-state index contributed by atoms with van der Waals surface area (Å²) in [6.45, 7) is 4.06. The molecule has 68 heavy (non-hydrogen) atoms. The van der Waals surface area contributed by atoms with Gasteiger partial charge in [-0.25, -0.2) is 0 Å². The van der Waals surface area contributed by atoms with E-state index in [1.165, 1.54) is 205 Å². The first-order valence-corrected chi connectivity index (χ1v) is 29.7. The Morgan fingerprint density at radius 3 is 1.01 bits per heavy atom. The average molecular weight is 955 g/mol. The van der Waals surface area contributed by atoms with Gasteiger partial charge in [0.1, 0.15) is 12.2 Å². The minimum absolute atomic E-state index is 0.357. The number of aliphatic hydroxyl groups is 4. The smallest absolute Gasteiger partial charge is 0.249 e. The Hall–Kier alpha value is -1.99. The molecule has 0 spiro atoms. The van der Waals surface area contributed by atoms with Gasteiger partial charge in [0.05, 0.1) is 18.8 Å². The fraction of sp³-hybridized carbons (Fsp3) is 0.823. The predicted molar refractivity (Wildman–Crippen MR) is 297 cm³/mol. The zero-order valence-electron chi connectivity index (χ0n) is 45.1. The number of nitrogens with one attached hydrogen (secondary N) is 1. The summed E-state index contributed by atoms with van der Waals surface area (Å²) in [6.07, 6.45) is 73.0. The summed E-state index contributed by atoms with van der Waals surface area (Å²) in [5.41, 5.74) is 0. The van der Waals surface area contributed by atoms with Crippen LogP contribution in [0.2, 0.25) is 0 Å². The normalized spacial score (nSPS) is 14.1. The molecule has 1 amide bonds. The monoisotopic (exact) mass is 954 g/mol. The zero-order valence-corrected chi connectivity index (χ0v) is 45.1. The summed E-state index contributed by atoms with van der Waals surface area (Å²) in [5.74, 6) is -0.599. The summed E-state index contributed by atoms with van der Waals surface area (Å²) in [4.78, 5) is 12.6. The molecule has 0 heterocycles. The molecule has 6 nitrogen and oxygen atoms in total. The third-order valence-corrected chi connectivity index (χ3v) is 13.7. The molecule has 0 aliphatic rings. The van der Waals surface area contributed by atoms with E-state index in [2.05, 4.69) is 79.9 Å². The van der Waals surface area contributed by atoms with Crippen LogP contribution in [-0.4, -0.2) is 57.3 Å². The second kappa shape index (κ2) is 55.9. The molecule has 0 aromatic rings. The molecule has 0 bridgehead atoms. The van der Waals surface area contributed by atoms with Crippen LogP contribution in [0.3, 0.4) is 0 Å². The Labute approximate surface area is 422 Å². The standard InChI is InChI=1S/C62H115NO5/c1-3-5-7-9-11-13-15-17-19-21-23-25-27-28-29-30-31-32-33-34-36-38-40-42-44-46-48-50-52-54-56-60(66)62(68)63-58(57-64)61(67)59(65)55-53-51-49-47-45-43-41-39-37-35-26-24-22-20-18-16-14-12-10-8-6-4-2/h23-26,28-29,39,41,47,49,58-61,64-67H,3-22,27,30-38,40,42-46,48,50-57H2,1-2H3,(H,63,68)/b25-23-,26-24+,29-28-,41-39+,49-47+. The van der Waals surface area contributed by atoms with Crippen LogP contribution in [-0.2, 0) is 4.79 Å². The second-order valence-corrected chi connectivity index (χ2v) is 20.3. The zero-order chi connectivity index (χ0) is 49.5. The highest BCUT2D eigenvalue weighted by atomic mass is 16.3. The Morgan fingerprint density at radius 2 is 0.662 bits per heavy atom. The maximum absolute atomic E-state index is 12.6. The number of amides is 1. The van der Waals surface area contributed by atoms with Gasteiger partial charge in [-0.3, -0.25) is 4.79 Å². The first-order valence-electron chi connectivity index (χ1n) is 29.7. The van der Waals surface area contributed by atoms with E-state index in [1.807, 2.05) is 0 Å². The van der Waals surface area contributed by atoms with Crippen LogP contribution in [0.15, 0.2) is 60.8 Å². The fourth-order valence-corrected chi connectivity index (χ4v) is 9.00. The highest BCUT2D eigenvalue weighted by Crippen LogP contribution is 2.17.